The van der Waals surface area contributed by atoms with Gasteiger partial charge in [0.05, 0.1) is 5.69 Å². The van der Waals surface area contributed by atoms with E-state index in [0.717, 1.165) is 43.0 Å². The number of hydrogen-bond donors (Lipinski definition) is 1. The molecule has 0 aromatic carbocycles. The van der Waals surface area contributed by atoms with Gasteiger partial charge in [0.15, 0.2) is 5.82 Å². The van der Waals surface area contributed by atoms with Crippen molar-refractivity contribution in [3.63, 3.8) is 0 Å². The molecule has 2 saturated heterocycles. The SMILES string of the molecule is O=C(NCC1CN(c2ccc(-c3ccncc3)nn2)C1)C1CCCO1. The van der Waals surface area contributed by atoms with Crippen LogP contribution in [0.5, 0.6) is 0 Å². The van der Waals surface area contributed by atoms with Crippen molar-refractivity contribution >= 4 is 11.7 Å². The Morgan fingerprint density at radius 2 is 2.04 bits per heavy atom. The molecule has 2 aliphatic heterocycles. The summed E-state index contributed by atoms with van der Waals surface area (Å²) in [4.78, 5) is 18.1. The minimum Gasteiger partial charge on any atom is -0.368 e. The summed E-state index contributed by atoms with van der Waals surface area (Å²) in [5.74, 6) is 1.35. The number of rotatable bonds is 5. The lowest BCUT2D eigenvalue weighted by molar-refractivity contribution is -0.130. The number of ether oxygens (including phenoxy) is 1. The van der Waals surface area contributed by atoms with Crippen LogP contribution >= 0.6 is 0 Å². The molecule has 4 heterocycles. The first kappa shape index (κ1) is 16.0. The van der Waals surface area contributed by atoms with Crippen molar-refractivity contribution in [2.45, 2.75) is 18.9 Å². The molecule has 0 aliphatic carbocycles. The lowest BCUT2D eigenvalue weighted by atomic mass is 10.00. The highest BCUT2D eigenvalue weighted by Crippen LogP contribution is 2.23. The zero-order chi connectivity index (χ0) is 17.1. The molecule has 2 aromatic heterocycles. The van der Waals surface area contributed by atoms with Crippen molar-refractivity contribution in [2.75, 3.05) is 31.1 Å². The van der Waals surface area contributed by atoms with Crippen molar-refractivity contribution < 1.29 is 9.53 Å². The zero-order valence-electron chi connectivity index (χ0n) is 14.0. The van der Waals surface area contributed by atoms with Gasteiger partial charge in [-0.1, -0.05) is 0 Å². The van der Waals surface area contributed by atoms with E-state index < -0.39 is 0 Å². The van der Waals surface area contributed by atoms with Gasteiger partial charge in [-0.15, -0.1) is 10.2 Å². The van der Waals surface area contributed by atoms with E-state index in [1.54, 1.807) is 12.4 Å². The van der Waals surface area contributed by atoms with Crippen molar-refractivity contribution in [3.05, 3.63) is 36.7 Å². The second kappa shape index (κ2) is 7.14. The van der Waals surface area contributed by atoms with Gasteiger partial charge in [-0.3, -0.25) is 9.78 Å². The lowest BCUT2D eigenvalue weighted by Gasteiger charge is -2.40. The molecule has 1 amide bonds. The second-order valence-corrected chi connectivity index (χ2v) is 6.53. The maximum absolute atomic E-state index is 11.9. The standard InChI is InChI=1S/C18H21N5O2/c24-18(16-2-1-9-25-16)20-10-13-11-23(12-13)17-4-3-15(21-22-17)14-5-7-19-8-6-14/h3-8,13,16H,1-2,9-12H2,(H,20,24). The monoisotopic (exact) mass is 339 g/mol. The first-order chi connectivity index (χ1) is 12.3. The number of aromatic nitrogens is 3. The molecule has 25 heavy (non-hydrogen) atoms. The van der Waals surface area contributed by atoms with Crippen LogP contribution in [-0.2, 0) is 9.53 Å². The Kier molecular flexibility index (Phi) is 4.56. The third kappa shape index (κ3) is 3.61. The molecular formula is C18H21N5O2. The molecule has 0 saturated carbocycles. The fourth-order valence-corrected chi connectivity index (χ4v) is 3.20. The highest BCUT2D eigenvalue weighted by molar-refractivity contribution is 5.81. The number of nitrogens with zero attached hydrogens (tertiary/aromatic N) is 4. The van der Waals surface area contributed by atoms with Gasteiger partial charge in [-0.2, -0.15) is 0 Å². The van der Waals surface area contributed by atoms with E-state index in [2.05, 4.69) is 25.4 Å². The molecule has 130 valence electrons. The van der Waals surface area contributed by atoms with E-state index in [1.165, 1.54) is 0 Å². The third-order valence-electron chi connectivity index (χ3n) is 4.69. The third-order valence-corrected chi connectivity index (χ3v) is 4.69. The van der Waals surface area contributed by atoms with E-state index in [4.69, 9.17) is 4.74 Å². The quantitative estimate of drug-likeness (QED) is 0.884. The Morgan fingerprint density at radius 3 is 2.72 bits per heavy atom. The van der Waals surface area contributed by atoms with Crippen LogP contribution in [0.15, 0.2) is 36.7 Å². The van der Waals surface area contributed by atoms with Crippen molar-refractivity contribution in [1.29, 1.82) is 0 Å². The molecule has 1 N–H and O–H groups in total. The van der Waals surface area contributed by atoms with E-state index in [-0.39, 0.29) is 12.0 Å². The van der Waals surface area contributed by atoms with Crippen molar-refractivity contribution in [1.82, 2.24) is 20.5 Å². The molecule has 0 radical (unpaired) electrons. The number of carbonyl (C=O) groups excluding carboxylic acids is 1. The molecule has 2 fully saturated rings. The number of hydrogen-bond acceptors (Lipinski definition) is 6. The highest BCUT2D eigenvalue weighted by atomic mass is 16.5. The van der Waals surface area contributed by atoms with Gasteiger partial charge in [0.1, 0.15) is 6.10 Å². The molecule has 2 aromatic rings. The average Bonchev–Trinajstić information content (AvgIpc) is 3.16. The lowest BCUT2D eigenvalue weighted by Crippen LogP contribution is -2.52. The van der Waals surface area contributed by atoms with Crippen LogP contribution in [0.2, 0.25) is 0 Å². The Balaban J connectivity index is 1.25. The summed E-state index contributed by atoms with van der Waals surface area (Å²) in [5.41, 5.74) is 1.85. The molecule has 4 rings (SSSR count). The maximum Gasteiger partial charge on any atom is 0.249 e. The van der Waals surface area contributed by atoms with Gasteiger partial charge in [-0.25, -0.2) is 0 Å². The predicted octanol–water partition coefficient (Wildman–Crippen LogP) is 1.27. The fourth-order valence-electron chi connectivity index (χ4n) is 3.20. The van der Waals surface area contributed by atoms with Gasteiger partial charge in [0.25, 0.3) is 0 Å². The smallest absolute Gasteiger partial charge is 0.249 e. The Hall–Kier alpha value is -2.54. The molecule has 0 bridgehead atoms. The fraction of sp³-hybridized carbons (Fsp3) is 0.444. The largest absolute Gasteiger partial charge is 0.368 e. The predicted molar refractivity (Wildman–Crippen MR) is 92.9 cm³/mol. The van der Waals surface area contributed by atoms with E-state index in [0.29, 0.717) is 19.1 Å². The first-order valence-corrected chi connectivity index (χ1v) is 8.68. The molecule has 7 heteroatoms. The summed E-state index contributed by atoms with van der Waals surface area (Å²) in [5, 5.41) is 11.6. The normalized spacial score (nSPS) is 20.3. The number of nitrogens with one attached hydrogen (secondary N) is 1. The van der Waals surface area contributed by atoms with Crippen molar-refractivity contribution in [2.24, 2.45) is 5.92 Å². The summed E-state index contributed by atoms with van der Waals surface area (Å²) in [6.45, 7) is 3.16. The van der Waals surface area contributed by atoms with Crippen molar-refractivity contribution in [3.8, 4) is 11.3 Å². The maximum atomic E-state index is 11.9. The van der Waals surface area contributed by atoms with Crippen LogP contribution in [0.25, 0.3) is 11.3 Å². The molecular weight excluding hydrogens is 318 g/mol. The number of pyridine rings is 1. The summed E-state index contributed by atoms with van der Waals surface area (Å²) in [6.07, 6.45) is 5.06. The Labute approximate surface area is 146 Å². The summed E-state index contributed by atoms with van der Waals surface area (Å²) >= 11 is 0. The summed E-state index contributed by atoms with van der Waals surface area (Å²) < 4.78 is 5.39. The first-order valence-electron chi connectivity index (χ1n) is 8.68. The summed E-state index contributed by atoms with van der Waals surface area (Å²) in [6, 6.07) is 7.80. The zero-order valence-corrected chi connectivity index (χ0v) is 14.0. The summed E-state index contributed by atoms with van der Waals surface area (Å²) in [7, 11) is 0. The van der Waals surface area contributed by atoms with Crippen LogP contribution in [-0.4, -0.2) is 53.4 Å². The van der Waals surface area contributed by atoms with E-state index in [1.807, 2.05) is 24.3 Å². The van der Waals surface area contributed by atoms with Gasteiger partial charge in [0.2, 0.25) is 5.91 Å². The van der Waals surface area contributed by atoms with E-state index >= 15 is 0 Å². The van der Waals surface area contributed by atoms with Crippen LogP contribution < -0.4 is 10.2 Å². The van der Waals surface area contributed by atoms with Crippen LogP contribution in [0, 0.1) is 5.92 Å². The van der Waals surface area contributed by atoms with Gasteiger partial charge in [-0.05, 0) is 37.1 Å². The van der Waals surface area contributed by atoms with Crippen LogP contribution in [0.4, 0.5) is 5.82 Å². The molecule has 7 nitrogen and oxygen atoms in total. The average molecular weight is 339 g/mol. The van der Waals surface area contributed by atoms with Gasteiger partial charge >= 0.3 is 0 Å². The Bertz CT molecular complexity index is 710. The molecule has 0 spiro atoms. The molecule has 2 aliphatic rings. The van der Waals surface area contributed by atoms with Gasteiger partial charge < -0.3 is 15.0 Å². The van der Waals surface area contributed by atoms with Crippen LogP contribution in [0.3, 0.4) is 0 Å². The molecule has 1 unspecified atom stereocenters. The van der Waals surface area contributed by atoms with Crippen LogP contribution in [0.1, 0.15) is 12.8 Å². The van der Waals surface area contributed by atoms with E-state index in [9.17, 15) is 4.79 Å². The highest BCUT2D eigenvalue weighted by Gasteiger charge is 2.30. The number of anilines is 1. The number of amides is 1. The Morgan fingerprint density at radius 1 is 1.20 bits per heavy atom. The minimum atomic E-state index is -0.247. The second-order valence-electron chi connectivity index (χ2n) is 6.53. The number of carbonyl (C=O) groups is 1. The van der Waals surface area contributed by atoms with Gasteiger partial charge in [0, 0.05) is 50.1 Å². The molecule has 1 atom stereocenters. The topological polar surface area (TPSA) is 80.2 Å². The minimum absolute atomic E-state index is 0.0254.